The first-order valence-electron chi connectivity index (χ1n) is 5.99. The number of carbonyl (C=O) groups excluding carboxylic acids is 1. The zero-order chi connectivity index (χ0) is 13.8. The molecule has 4 heteroatoms. The van der Waals surface area contributed by atoms with Crippen molar-refractivity contribution in [2.45, 2.75) is 25.8 Å². The largest absolute Gasteiger partial charge is 0.466 e. The second-order valence-corrected chi connectivity index (χ2v) is 5.10. The average Bonchev–Trinajstić information content (AvgIpc) is 2.28. The van der Waals surface area contributed by atoms with E-state index in [1.54, 1.807) is 0 Å². The van der Waals surface area contributed by atoms with Gasteiger partial charge in [0.1, 0.15) is 0 Å². The lowest BCUT2D eigenvalue weighted by Crippen LogP contribution is -2.40. The summed E-state index contributed by atoms with van der Waals surface area (Å²) >= 11 is 6.02. The number of esters is 1. The van der Waals surface area contributed by atoms with Crippen molar-refractivity contribution in [3.8, 4) is 0 Å². The highest BCUT2D eigenvalue weighted by atomic mass is 35.5. The van der Waals surface area contributed by atoms with E-state index in [0.717, 1.165) is 5.56 Å². The Morgan fingerprint density at radius 2 is 2.11 bits per heavy atom. The van der Waals surface area contributed by atoms with Crippen LogP contribution in [0.3, 0.4) is 0 Å². The van der Waals surface area contributed by atoms with Crippen molar-refractivity contribution in [3.05, 3.63) is 34.9 Å². The molecule has 0 saturated heterocycles. The molecule has 0 heterocycles. The number of carbonyl (C=O) groups is 1. The molecule has 3 nitrogen and oxygen atoms in total. The van der Waals surface area contributed by atoms with Gasteiger partial charge in [-0.2, -0.15) is 0 Å². The number of hydrogen-bond donors (Lipinski definition) is 0. The van der Waals surface area contributed by atoms with Crippen LogP contribution in [-0.2, 0) is 15.1 Å². The SMILES string of the molecule is CCOC(=O)CC(C)(c1cccc(Cl)c1)N(C)C. The Bertz CT molecular complexity index is 420. The lowest BCUT2D eigenvalue weighted by atomic mass is 9.87. The minimum absolute atomic E-state index is 0.200. The van der Waals surface area contributed by atoms with Crippen LogP contribution in [0.1, 0.15) is 25.8 Å². The van der Waals surface area contributed by atoms with Crippen molar-refractivity contribution < 1.29 is 9.53 Å². The molecule has 1 unspecified atom stereocenters. The van der Waals surface area contributed by atoms with Crippen LogP contribution >= 0.6 is 11.6 Å². The fourth-order valence-corrected chi connectivity index (χ4v) is 2.03. The van der Waals surface area contributed by atoms with Gasteiger partial charge in [0.2, 0.25) is 0 Å². The Kier molecular flexibility index (Phi) is 5.17. The highest BCUT2D eigenvalue weighted by Crippen LogP contribution is 2.31. The third kappa shape index (κ3) is 3.47. The number of halogens is 1. The van der Waals surface area contributed by atoms with E-state index in [1.807, 2.05) is 57.1 Å². The van der Waals surface area contributed by atoms with E-state index in [2.05, 4.69) is 0 Å². The predicted octanol–water partition coefficient (Wildman–Crippen LogP) is 3.07. The first-order valence-corrected chi connectivity index (χ1v) is 6.37. The molecule has 18 heavy (non-hydrogen) atoms. The third-order valence-corrected chi connectivity index (χ3v) is 3.46. The molecule has 0 amide bonds. The van der Waals surface area contributed by atoms with Crippen LogP contribution in [0, 0.1) is 0 Å². The van der Waals surface area contributed by atoms with Crippen LogP contribution in [0.15, 0.2) is 24.3 Å². The summed E-state index contributed by atoms with van der Waals surface area (Å²) in [7, 11) is 3.89. The van der Waals surface area contributed by atoms with E-state index in [9.17, 15) is 4.79 Å². The number of rotatable bonds is 5. The molecule has 0 aliphatic rings. The normalized spacial score (nSPS) is 14.3. The Balaban J connectivity index is 3.04. The fraction of sp³-hybridized carbons (Fsp3) is 0.500. The molecule has 1 aromatic rings. The van der Waals surface area contributed by atoms with E-state index >= 15 is 0 Å². The summed E-state index contributed by atoms with van der Waals surface area (Å²) in [6, 6.07) is 7.59. The second-order valence-electron chi connectivity index (χ2n) is 4.66. The number of nitrogens with zero attached hydrogens (tertiary/aromatic N) is 1. The lowest BCUT2D eigenvalue weighted by Gasteiger charge is -2.36. The minimum atomic E-state index is -0.419. The summed E-state index contributed by atoms with van der Waals surface area (Å²) in [6.07, 6.45) is 0.300. The van der Waals surface area contributed by atoms with Crippen molar-refractivity contribution in [1.82, 2.24) is 4.90 Å². The van der Waals surface area contributed by atoms with Gasteiger partial charge < -0.3 is 4.74 Å². The Hall–Kier alpha value is -1.06. The van der Waals surface area contributed by atoms with Crippen LogP contribution in [0.2, 0.25) is 5.02 Å². The summed E-state index contributed by atoms with van der Waals surface area (Å²) in [5, 5.41) is 0.671. The molecule has 1 aromatic carbocycles. The van der Waals surface area contributed by atoms with Gasteiger partial charge in [0.25, 0.3) is 0 Å². The van der Waals surface area contributed by atoms with Gasteiger partial charge in [-0.25, -0.2) is 0 Å². The molecular weight excluding hydrogens is 250 g/mol. The average molecular weight is 270 g/mol. The third-order valence-electron chi connectivity index (χ3n) is 3.23. The zero-order valence-electron chi connectivity index (χ0n) is 11.4. The van der Waals surface area contributed by atoms with Gasteiger partial charge in [0, 0.05) is 5.02 Å². The quantitative estimate of drug-likeness (QED) is 0.770. The van der Waals surface area contributed by atoms with E-state index < -0.39 is 5.54 Å². The predicted molar refractivity (Wildman–Crippen MR) is 73.7 cm³/mol. The maximum absolute atomic E-state index is 11.7. The van der Waals surface area contributed by atoms with Crippen LogP contribution in [0.25, 0.3) is 0 Å². The van der Waals surface area contributed by atoms with Crippen LogP contribution in [0.5, 0.6) is 0 Å². The van der Waals surface area contributed by atoms with Gasteiger partial charge in [-0.05, 0) is 45.6 Å². The first kappa shape index (κ1) is 15.0. The second kappa shape index (κ2) is 6.21. The zero-order valence-corrected chi connectivity index (χ0v) is 12.1. The van der Waals surface area contributed by atoms with Crippen molar-refractivity contribution in [2.24, 2.45) is 0 Å². The maximum atomic E-state index is 11.7. The van der Waals surface area contributed by atoms with Crippen LogP contribution in [-0.4, -0.2) is 31.6 Å². The molecule has 0 aliphatic heterocycles. The topological polar surface area (TPSA) is 29.5 Å². The van der Waals surface area contributed by atoms with Gasteiger partial charge in [-0.15, -0.1) is 0 Å². The highest BCUT2D eigenvalue weighted by molar-refractivity contribution is 6.30. The van der Waals surface area contributed by atoms with Crippen molar-refractivity contribution in [2.75, 3.05) is 20.7 Å². The van der Waals surface area contributed by atoms with Gasteiger partial charge in [0.15, 0.2) is 0 Å². The fourth-order valence-electron chi connectivity index (χ4n) is 1.83. The summed E-state index contributed by atoms with van der Waals surface area (Å²) < 4.78 is 5.04. The van der Waals surface area contributed by atoms with Crippen molar-refractivity contribution >= 4 is 17.6 Å². The summed E-state index contributed by atoms with van der Waals surface area (Å²) in [4.78, 5) is 13.7. The molecular formula is C14H20ClNO2. The van der Waals surface area contributed by atoms with E-state index in [-0.39, 0.29) is 5.97 Å². The van der Waals surface area contributed by atoms with E-state index in [0.29, 0.717) is 18.1 Å². The lowest BCUT2D eigenvalue weighted by molar-refractivity contribution is -0.146. The molecule has 0 N–H and O–H groups in total. The Morgan fingerprint density at radius 3 is 2.61 bits per heavy atom. The molecule has 0 aromatic heterocycles. The molecule has 1 atom stereocenters. The van der Waals surface area contributed by atoms with Crippen LogP contribution in [0.4, 0.5) is 0 Å². The maximum Gasteiger partial charge on any atom is 0.307 e. The molecule has 0 bridgehead atoms. The van der Waals surface area contributed by atoms with E-state index in [1.165, 1.54) is 0 Å². The van der Waals surface area contributed by atoms with E-state index in [4.69, 9.17) is 16.3 Å². The summed E-state index contributed by atoms with van der Waals surface area (Å²) in [6.45, 7) is 4.22. The molecule has 0 spiro atoms. The molecule has 0 aliphatic carbocycles. The molecule has 0 fully saturated rings. The first-order chi connectivity index (χ1) is 8.40. The number of hydrogen-bond acceptors (Lipinski definition) is 3. The Morgan fingerprint density at radius 1 is 1.44 bits per heavy atom. The highest BCUT2D eigenvalue weighted by Gasteiger charge is 2.32. The standard InChI is InChI=1S/C14H20ClNO2/c1-5-18-13(17)10-14(2,16(3)4)11-7-6-8-12(15)9-11/h6-9H,5,10H2,1-4H3. The summed E-state index contributed by atoms with van der Waals surface area (Å²) in [5.74, 6) is -0.200. The molecule has 0 radical (unpaired) electrons. The van der Waals surface area contributed by atoms with Crippen molar-refractivity contribution in [1.29, 1.82) is 0 Å². The molecule has 1 rings (SSSR count). The number of ether oxygens (including phenoxy) is 1. The smallest absolute Gasteiger partial charge is 0.307 e. The Labute approximate surface area is 114 Å². The van der Waals surface area contributed by atoms with Gasteiger partial charge in [-0.3, -0.25) is 9.69 Å². The summed E-state index contributed by atoms with van der Waals surface area (Å²) in [5.41, 5.74) is 0.588. The van der Waals surface area contributed by atoms with Crippen LogP contribution < -0.4 is 0 Å². The molecule has 100 valence electrons. The number of benzene rings is 1. The monoisotopic (exact) mass is 269 g/mol. The molecule has 0 saturated carbocycles. The minimum Gasteiger partial charge on any atom is -0.466 e. The van der Waals surface area contributed by atoms with Crippen molar-refractivity contribution in [3.63, 3.8) is 0 Å². The van der Waals surface area contributed by atoms with Gasteiger partial charge >= 0.3 is 5.97 Å². The van der Waals surface area contributed by atoms with Gasteiger partial charge in [0.05, 0.1) is 18.6 Å². The van der Waals surface area contributed by atoms with Gasteiger partial charge in [-0.1, -0.05) is 23.7 Å².